The van der Waals surface area contributed by atoms with Gasteiger partial charge in [-0.3, -0.25) is 4.79 Å². The Hall–Kier alpha value is -2.56. The average Bonchev–Trinajstić information content (AvgIpc) is 2.57. The van der Waals surface area contributed by atoms with Gasteiger partial charge in [0.25, 0.3) is 0 Å². The first-order valence-electron chi connectivity index (χ1n) is 7.34. The Morgan fingerprint density at radius 1 is 0.913 bits per heavy atom. The van der Waals surface area contributed by atoms with Crippen LogP contribution >= 0.6 is 0 Å². The van der Waals surface area contributed by atoms with Gasteiger partial charge in [-0.2, -0.15) is 0 Å². The highest BCUT2D eigenvalue weighted by molar-refractivity contribution is 5.72. The molecule has 0 unspecified atom stereocenters. The molecule has 23 heavy (non-hydrogen) atoms. The third-order valence-corrected chi connectivity index (χ3v) is 3.14. The maximum atomic E-state index is 12.7. The molecule has 0 N–H and O–H groups in total. The molecule has 0 aliphatic carbocycles. The molecule has 2 aromatic carbocycles. The van der Waals surface area contributed by atoms with E-state index in [0.717, 1.165) is 11.3 Å². The monoisotopic (exact) mass is 318 g/mol. The van der Waals surface area contributed by atoms with Crippen molar-refractivity contribution in [1.29, 1.82) is 0 Å². The Kier molecular flexibility index (Phi) is 6.41. The van der Waals surface area contributed by atoms with Gasteiger partial charge in [-0.05, 0) is 42.0 Å². The van der Waals surface area contributed by atoms with Crippen molar-refractivity contribution in [2.24, 2.45) is 0 Å². The van der Waals surface area contributed by atoms with Crippen LogP contribution in [0.15, 0.2) is 48.5 Å². The van der Waals surface area contributed by atoms with Gasteiger partial charge in [0.1, 0.15) is 17.3 Å². The number of hydrogen-bond donors (Lipinski definition) is 0. The molecule has 122 valence electrons. The molecule has 2 rings (SSSR count). The van der Waals surface area contributed by atoms with Crippen LogP contribution in [0.3, 0.4) is 0 Å². The molecule has 0 aliphatic rings. The predicted molar refractivity (Wildman–Crippen MR) is 84.2 cm³/mol. The average molecular weight is 318 g/mol. The zero-order chi connectivity index (χ0) is 16.5. The van der Waals surface area contributed by atoms with E-state index in [2.05, 4.69) is 4.74 Å². The van der Waals surface area contributed by atoms with Crippen LogP contribution in [0.2, 0.25) is 0 Å². The summed E-state index contributed by atoms with van der Waals surface area (Å²) < 4.78 is 28.4. The van der Waals surface area contributed by atoms with E-state index in [4.69, 9.17) is 9.47 Å². The van der Waals surface area contributed by atoms with Crippen molar-refractivity contribution < 1.29 is 23.4 Å². The number of carbonyl (C=O) groups excluding carboxylic acids is 1. The molecule has 0 radical (unpaired) electrons. The lowest BCUT2D eigenvalue weighted by Crippen LogP contribution is -2.06. The fraction of sp³-hybridized carbons (Fsp3) is 0.278. The van der Waals surface area contributed by atoms with Crippen LogP contribution in [0.4, 0.5) is 4.39 Å². The van der Waals surface area contributed by atoms with Crippen molar-refractivity contribution in [2.45, 2.75) is 12.8 Å². The molecule has 0 amide bonds. The van der Waals surface area contributed by atoms with Gasteiger partial charge in [-0.1, -0.05) is 12.1 Å². The molecule has 0 aromatic heterocycles. The summed E-state index contributed by atoms with van der Waals surface area (Å²) in [5.41, 5.74) is 0.879. The third kappa shape index (κ3) is 5.98. The molecule has 0 fully saturated rings. The van der Waals surface area contributed by atoms with Gasteiger partial charge in [0.05, 0.1) is 26.7 Å². The summed E-state index contributed by atoms with van der Waals surface area (Å²) in [5.74, 6) is 0.826. The van der Waals surface area contributed by atoms with E-state index in [-0.39, 0.29) is 18.2 Å². The second-order valence-corrected chi connectivity index (χ2v) is 4.90. The first-order chi connectivity index (χ1) is 11.2. The van der Waals surface area contributed by atoms with E-state index in [0.29, 0.717) is 25.4 Å². The molecule has 0 spiro atoms. The molecule has 0 aliphatic heterocycles. The zero-order valence-electron chi connectivity index (χ0n) is 13.0. The lowest BCUT2D eigenvalue weighted by Gasteiger charge is -2.08. The summed E-state index contributed by atoms with van der Waals surface area (Å²) in [6.07, 6.45) is 0.962. The second-order valence-electron chi connectivity index (χ2n) is 4.90. The molecule has 0 heterocycles. The number of esters is 1. The van der Waals surface area contributed by atoms with Crippen molar-refractivity contribution in [1.82, 2.24) is 0 Å². The van der Waals surface area contributed by atoms with Crippen LogP contribution in [0.1, 0.15) is 12.0 Å². The zero-order valence-corrected chi connectivity index (χ0v) is 13.0. The molecule has 4 nitrogen and oxygen atoms in total. The first-order valence-corrected chi connectivity index (χ1v) is 7.34. The van der Waals surface area contributed by atoms with Gasteiger partial charge >= 0.3 is 5.97 Å². The summed E-state index contributed by atoms with van der Waals surface area (Å²) in [5, 5.41) is 0. The van der Waals surface area contributed by atoms with E-state index in [1.54, 1.807) is 12.1 Å². The van der Waals surface area contributed by atoms with Gasteiger partial charge in [-0.25, -0.2) is 4.39 Å². The van der Waals surface area contributed by atoms with Gasteiger partial charge in [0, 0.05) is 6.42 Å². The fourth-order valence-corrected chi connectivity index (χ4v) is 1.91. The second kappa shape index (κ2) is 8.78. The molecule has 5 heteroatoms. The van der Waals surface area contributed by atoms with E-state index in [1.807, 2.05) is 24.3 Å². The molecule has 0 atom stereocenters. The standard InChI is InChI=1S/C18H19FO4/c1-21-18(20)13-14-3-7-16(8-4-14)22-11-2-12-23-17-9-5-15(19)6-10-17/h3-10H,2,11-13H2,1H3. The number of hydrogen-bond acceptors (Lipinski definition) is 4. The molecule has 0 saturated heterocycles. The van der Waals surface area contributed by atoms with Gasteiger partial charge < -0.3 is 14.2 Å². The molecule has 0 saturated carbocycles. The van der Waals surface area contributed by atoms with Crippen LogP contribution < -0.4 is 9.47 Å². The third-order valence-electron chi connectivity index (χ3n) is 3.14. The number of rotatable bonds is 8. The Morgan fingerprint density at radius 3 is 1.96 bits per heavy atom. The van der Waals surface area contributed by atoms with Crippen molar-refractivity contribution in [2.75, 3.05) is 20.3 Å². The summed E-state index contributed by atoms with van der Waals surface area (Å²) in [6, 6.07) is 13.2. The topological polar surface area (TPSA) is 44.8 Å². The van der Waals surface area contributed by atoms with Gasteiger partial charge in [-0.15, -0.1) is 0 Å². The minimum absolute atomic E-state index is 0.252. The summed E-state index contributed by atoms with van der Waals surface area (Å²) in [7, 11) is 1.37. The van der Waals surface area contributed by atoms with Crippen LogP contribution in [0.5, 0.6) is 11.5 Å². The number of carbonyl (C=O) groups is 1. The van der Waals surface area contributed by atoms with Crippen molar-refractivity contribution in [3.8, 4) is 11.5 Å². The highest BCUT2D eigenvalue weighted by atomic mass is 19.1. The maximum absolute atomic E-state index is 12.7. The van der Waals surface area contributed by atoms with Gasteiger partial charge in [0.15, 0.2) is 0 Å². The van der Waals surface area contributed by atoms with E-state index in [1.165, 1.54) is 19.2 Å². The molecule has 2 aromatic rings. The number of halogens is 1. The van der Waals surface area contributed by atoms with Crippen molar-refractivity contribution in [3.05, 3.63) is 59.9 Å². The quantitative estimate of drug-likeness (QED) is 0.553. The van der Waals surface area contributed by atoms with Crippen LogP contribution in [-0.4, -0.2) is 26.3 Å². The normalized spacial score (nSPS) is 10.2. The highest BCUT2D eigenvalue weighted by Gasteiger charge is 2.03. The molecular weight excluding hydrogens is 299 g/mol. The largest absolute Gasteiger partial charge is 0.493 e. The predicted octanol–water partition coefficient (Wildman–Crippen LogP) is 3.39. The Balaban J connectivity index is 1.66. The first kappa shape index (κ1) is 16.8. The van der Waals surface area contributed by atoms with E-state index < -0.39 is 0 Å². The van der Waals surface area contributed by atoms with Crippen LogP contribution in [0.25, 0.3) is 0 Å². The Bertz CT molecular complexity index is 608. The fourth-order valence-electron chi connectivity index (χ4n) is 1.91. The minimum atomic E-state index is -0.281. The van der Waals surface area contributed by atoms with Crippen LogP contribution in [0, 0.1) is 5.82 Å². The smallest absolute Gasteiger partial charge is 0.309 e. The van der Waals surface area contributed by atoms with Crippen molar-refractivity contribution in [3.63, 3.8) is 0 Å². The maximum Gasteiger partial charge on any atom is 0.309 e. The van der Waals surface area contributed by atoms with Crippen LogP contribution in [-0.2, 0) is 16.0 Å². The van der Waals surface area contributed by atoms with Gasteiger partial charge in [0.2, 0.25) is 0 Å². The van der Waals surface area contributed by atoms with E-state index in [9.17, 15) is 9.18 Å². The SMILES string of the molecule is COC(=O)Cc1ccc(OCCCOc2ccc(F)cc2)cc1. The van der Waals surface area contributed by atoms with E-state index >= 15 is 0 Å². The summed E-state index contributed by atoms with van der Waals surface area (Å²) >= 11 is 0. The Morgan fingerprint density at radius 2 is 1.43 bits per heavy atom. The lowest BCUT2D eigenvalue weighted by atomic mass is 10.1. The summed E-state index contributed by atoms with van der Waals surface area (Å²) in [6.45, 7) is 1.00. The summed E-state index contributed by atoms with van der Waals surface area (Å²) in [4.78, 5) is 11.2. The minimum Gasteiger partial charge on any atom is -0.493 e. The Labute approximate surface area is 134 Å². The number of ether oxygens (including phenoxy) is 3. The molecular formula is C18H19FO4. The van der Waals surface area contributed by atoms with Crippen molar-refractivity contribution >= 4 is 5.97 Å². The number of methoxy groups -OCH3 is 1. The number of benzene rings is 2. The lowest BCUT2D eigenvalue weighted by molar-refractivity contribution is -0.139. The molecule has 0 bridgehead atoms. The highest BCUT2D eigenvalue weighted by Crippen LogP contribution is 2.14.